The number of rotatable bonds is 3. The molecule has 0 bridgehead atoms. The number of thiazole rings is 1. The number of benzene rings is 2. The summed E-state index contributed by atoms with van der Waals surface area (Å²) in [5.41, 5.74) is 3.29. The summed E-state index contributed by atoms with van der Waals surface area (Å²) in [7, 11) is 0. The predicted octanol–water partition coefficient (Wildman–Crippen LogP) is 4.73. The van der Waals surface area contributed by atoms with Gasteiger partial charge in [0.05, 0.1) is 20.3 Å². The fourth-order valence-electron chi connectivity index (χ4n) is 2.35. The standard InChI is InChI=1S/C16H11IN2OS/c17-12-5-1-4-8-15(12)20-9-11-10-21-16-18-13-6-2-3-7-14(13)19(11)16/h1-8,10H,9H2. The van der Waals surface area contributed by atoms with E-state index in [-0.39, 0.29) is 0 Å². The predicted molar refractivity (Wildman–Crippen MR) is 94.1 cm³/mol. The molecule has 0 unspecified atom stereocenters. The van der Waals surface area contributed by atoms with Gasteiger partial charge in [0.25, 0.3) is 0 Å². The zero-order valence-electron chi connectivity index (χ0n) is 11.0. The van der Waals surface area contributed by atoms with E-state index < -0.39 is 0 Å². The van der Waals surface area contributed by atoms with Gasteiger partial charge in [-0.2, -0.15) is 0 Å². The fraction of sp³-hybridized carbons (Fsp3) is 0.0625. The van der Waals surface area contributed by atoms with Crippen LogP contribution in [0.3, 0.4) is 0 Å². The molecule has 5 heteroatoms. The maximum Gasteiger partial charge on any atom is 0.195 e. The highest BCUT2D eigenvalue weighted by Crippen LogP contribution is 2.25. The van der Waals surface area contributed by atoms with E-state index in [0.717, 1.165) is 31.0 Å². The summed E-state index contributed by atoms with van der Waals surface area (Å²) in [4.78, 5) is 5.64. The van der Waals surface area contributed by atoms with Gasteiger partial charge in [0.1, 0.15) is 12.4 Å². The highest BCUT2D eigenvalue weighted by molar-refractivity contribution is 14.1. The molecule has 2 heterocycles. The molecule has 0 aliphatic rings. The van der Waals surface area contributed by atoms with Crippen molar-refractivity contribution in [3.63, 3.8) is 0 Å². The Morgan fingerprint density at radius 3 is 2.81 bits per heavy atom. The van der Waals surface area contributed by atoms with Crippen LogP contribution < -0.4 is 4.74 Å². The summed E-state index contributed by atoms with van der Waals surface area (Å²) in [6, 6.07) is 16.2. The Morgan fingerprint density at radius 1 is 1.10 bits per heavy atom. The highest BCUT2D eigenvalue weighted by Gasteiger charge is 2.11. The number of nitrogens with zero attached hydrogens (tertiary/aromatic N) is 2. The molecule has 0 saturated heterocycles. The minimum atomic E-state index is 0.542. The van der Waals surface area contributed by atoms with E-state index in [1.165, 1.54) is 0 Å². The number of ether oxygens (including phenoxy) is 1. The van der Waals surface area contributed by atoms with Crippen LogP contribution in [-0.4, -0.2) is 9.38 Å². The SMILES string of the molecule is Ic1ccccc1OCc1csc2nc3ccccc3n12. The molecule has 0 aliphatic carbocycles. The number of hydrogen-bond acceptors (Lipinski definition) is 3. The van der Waals surface area contributed by atoms with Gasteiger partial charge in [0, 0.05) is 5.38 Å². The summed E-state index contributed by atoms with van der Waals surface area (Å²) < 4.78 is 9.26. The van der Waals surface area contributed by atoms with E-state index in [2.05, 4.69) is 43.4 Å². The number of fused-ring (bicyclic) bond motifs is 3. The molecule has 0 radical (unpaired) electrons. The first-order chi connectivity index (χ1) is 10.3. The molecule has 0 spiro atoms. The Balaban J connectivity index is 1.72. The molecule has 3 nitrogen and oxygen atoms in total. The number of para-hydroxylation sites is 3. The smallest absolute Gasteiger partial charge is 0.195 e. The van der Waals surface area contributed by atoms with E-state index in [4.69, 9.17) is 4.74 Å². The largest absolute Gasteiger partial charge is 0.486 e. The van der Waals surface area contributed by atoms with Crippen molar-refractivity contribution in [2.75, 3.05) is 0 Å². The van der Waals surface area contributed by atoms with Crippen LogP contribution in [0.4, 0.5) is 0 Å². The van der Waals surface area contributed by atoms with Gasteiger partial charge in [-0.15, -0.1) is 11.3 Å². The molecular weight excluding hydrogens is 395 g/mol. The number of hydrogen-bond donors (Lipinski definition) is 0. The average molecular weight is 406 g/mol. The third-order valence-electron chi connectivity index (χ3n) is 3.33. The zero-order valence-corrected chi connectivity index (χ0v) is 14.0. The van der Waals surface area contributed by atoms with Gasteiger partial charge in [0.2, 0.25) is 0 Å². The maximum atomic E-state index is 5.96. The van der Waals surface area contributed by atoms with Crippen molar-refractivity contribution in [1.82, 2.24) is 9.38 Å². The van der Waals surface area contributed by atoms with Crippen molar-refractivity contribution in [2.45, 2.75) is 6.61 Å². The van der Waals surface area contributed by atoms with Crippen molar-refractivity contribution in [2.24, 2.45) is 0 Å². The second-order valence-corrected chi connectivity index (χ2v) is 6.66. The minimum absolute atomic E-state index is 0.542. The van der Waals surface area contributed by atoms with Crippen molar-refractivity contribution in [1.29, 1.82) is 0 Å². The third kappa shape index (κ3) is 2.30. The Morgan fingerprint density at radius 2 is 1.90 bits per heavy atom. The van der Waals surface area contributed by atoms with E-state index in [1.54, 1.807) is 11.3 Å². The van der Waals surface area contributed by atoms with E-state index in [9.17, 15) is 0 Å². The lowest BCUT2D eigenvalue weighted by Gasteiger charge is -2.07. The van der Waals surface area contributed by atoms with Gasteiger partial charge in [-0.25, -0.2) is 4.98 Å². The van der Waals surface area contributed by atoms with Crippen LogP contribution in [0, 0.1) is 3.57 Å². The molecule has 2 aromatic heterocycles. The molecule has 0 fully saturated rings. The fourth-order valence-corrected chi connectivity index (χ4v) is 3.78. The van der Waals surface area contributed by atoms with Crippen molar-refractivity contribution >= 4 is 49.9 Å². The normalized spacial score (nSPS) is 11.3. The molecule has 0 aliphatic heterocycles. The van der Waals surface area contributed by atoms with Crippen molar-refractivity contribution in [3.05, 3.63) is 63.2 Å². The first-order valence-corrected chi connectivity index (χ1v) is 8.49. The molecule has 2 aromatic carbocycles. The first-order valence-electron chi connectivity index (χ1n) is 6.54. The number of imidazole rings is 1. The molecule has 0 amide bonds. The van der Waals surface area contributed by atoms with Gasteiger partial charge in [-0.3, -0.25) is 4.40 Å². The molecular formula is C16H11IN2OS. The molecule has 104 valence electrons. The van der Waals surface area contributed by atoms with Gasteiger partial charge >= 0.3 is 0 Å². The van der Waals surface area contributed by atoms with E-state index >= 15 is 0 Å². The van der Waals surface area contributed by atoms with Crippen LogP contribution in [-0.2, 0) is 6.61 Å². The summed E-state index contributed by atoms with van der Waals surface area (Å²) in [5, 5.41) is 2.12. The molecule has 0 atom stereocenters. The van der Waals surface area contributed by atoms with Crippen molar-refractivity contribution < 1.29 is 4.74 Å². The van der Waals surface area contributed by atoms with Crippen LogP contribution >= 0.6 is 33.9 Å². The second-order valence-electron chi connectivity index (χ2n) is 4.66. The quantitative estimate of drug-likeness (QED) is 0.460. The topological polar surface area (TPSA) is 26.5 Å². The summed E-state index contributed by atoms with van der Waals surface area (Å²) in [5.74, 6) is 0.918. The van der Waals surface area contributed by atoms with Crippen LogP contribution in [0.25, 0.3) is 16.0 Å². The molecule has 4 rings (SSSR count). The van der Waals surface area contributed by atoms with Crippen LogP contribution in [0.1, 0.15) is 5.69 Å². The van der Waals surface area contributed by atoms with Gasteiger partial charge < -0.3 is 4.74 Å². The lowest BCUT2D eigenvalue weighted by Crippen LogP contribution is -2.00. The average Bonchev–Trinajstić information content (AvgIpc) is 3.05. The lowest BCUT2D eigenvalue weighted by atomic mass is 10.3. The molecule has 21 heavy (non-hydrogen) atoms. The van der Waals surface area contributed by atoms with Crippen molar-refractivity contribution in [3.8, 4) is 5.75 Å². The minimum Gasteiger partial charge on any atom is -0.486 e. The summed E-state index contributed by atoms with van der Waals surface area (Å²) >= 11 is 3.94. The van der Waals surface area contributed by atoms with Gasteiger partial charge in [0.15, 0.2) is 4.96 Å². The van der Waals surface area contributed by atoms with Crippen LogP contribution in [0.15, 0.2) is 53.9 Å². The zero-order chi connectivity index (χ0) is 14.2. The summed E-state index contributed by atoms with van der Waals surface area (Å²) in [6.07, 6.45) is 0. The maximum absolute atomic E-state index is 5.96. The monoisotopic (exact) mass is 406 g/mol. The van der Waals surface area contributed by atoms with Crippen LogP contribution in [0.2, 0.25) is 0 Å². The number of aromatic nitrogens is 2. The van der Waals surface area contributed by atoms with E-state index in [1.807, 2.05) is 42.5 Å². The van der Waals surface area contributed by atoms with Gasteiger partial charge in [-0.1, -0.05) is 24.3 Å². The summed E-state index contributed by atoms with van der Waals surface area (Å²) in [6.45, 7) is 0.542. The molecule has 4 aromatic rings. The van der Waals surface area contributed by atoms with Crippen LogP contribution in [0.5, 0.6) is 5.75 Å². The first kappa shape index (κ1) is 13.1. The highest BCUT2D eigenvalue weighted by atomic mass is 127. The van der Waals surface area contributed by atoms with Gasteiger partial charge in [-0.05, 0) is 46.9 Å². The Bertz CT molecular complexity index is 928. The Hall–Kier alpha value is -1.60. The third-order valence-corrected chi connectivity index (χ3v) is 5.10. The Labute approximate surface area is 139 Å². The second kappa shape index (κ2) is 5.31. The van der Waals surface area contributed by atoms with E-state index in [0.29, 0.717) is 6.61 Å². The lowest BCUT2D eigenvalue weighted by molar-refractivity contribution is 0.299. The Kier molecular flexibility index (Phi) is 3.31. The molecule has 0 N–H and O–H groups in total. The molecule has 0 saturated carbocycles. The number of halogens is 1.